The molecule has 7 heteroatoms. The summed E-state index contributed by atoms with van der Waals surface area (Å²) in [6, 6.07) is 5.69. The molecule has 0 saturated heterocycles. The van der Waals surface area contributed by atoms with Crippen molar-refractivity contribution in [2.45, 2.75) is 20.0 Å². The van der Waals surface area contributed by atoms with E-state index in [1.54, 1.807) is 12.5 Å². The Morgan fingerprint density at radius 3 is 2.95 bits per heavy atom. The average Bonchev–Trinajstić information content (AvgIpc) is 3.05. The van der Waals surface area contributed by atoms with E-state index in [4.69, 9.17) is 4.42 Å². The second-order valence-corrected chi connectivity index (χ2v) is 3.71. The lowest BCUT2D eigenvalue weighted by Crippen LogP contribution is -2.36. The Hall–Kier alpha value is -1.51. The number of halogens is 1. The number of guanidine groups is 1. The fraction of sp³-hybridized carbons (Fsp3) is 0.333. The van der Waals surface area contributed by atoms with E-state index >= 15 is 0 Å². The van der Waals surface area contributed by atoms with Crippen LogP contribution in [0.1, 0.15) is 18.4 Å². The normalized spacial score (nSPS) is 10.9. The third kappa shape index (κ3) is 5.33. The molecule has 2 aromatic rings. The number of rotatable bonds is 5. The molecule has 0 radical (unpaired) electrons. The molecule has 2 aromatic heterocycles. The van der Waals surface area contributed by atoms with Crippen LogP contribution in [-0.2, 0) is 13.1 Å². The quantitative estimate of drug-likeness (QED) is 0.424. The van der Waals surface area contributed by atoms with Crippen LogP contribution in [0.4, 0.5) is 0 Å². The van der Waals surface area contributed by atoms with Crippen molar-refractivity contribution in [1.82, 2.24) is 20.8 Å². The Kier molecular flexibility index (Phi) is 7.01. The molecule has 2 rings (SSSR count). The first-order valence-corrected chi connectivity index (χ1v) is 5.91. The second-order valence-electron chi connectivity index (χ2n) is 3.71. The zero-order valence-corrected chi connectivity index (χ0v) is 13.0. The highest BCUT2D eigenvalue weighted by molar-refractivity contribution is 14.0. The Bertz CT molecular complexity index is 466. The molecule has 0 amide bonds. The van der Waals surface area contributed by atoms with E-state index in [-0.39, 0.29) is 24.0 Å². The van der Waals surface area contributed by atoms with Gasteiger partial charge in [-0.3, -0.25) is 5.10 Å². The van der Waals surface area contributed by atoms with Crippen molar-refractivity contribution in [2.75, 3.05) is 6.54 Å². The Labute approximate surface area is 129 Å². The first-order valence-electron chi connectivity index (χ1n) is 5.91. The monoisotopic (exact) mass is 375 g/mol. The molecule has 0 spiro atoms. The predicted octanol–water partition coefficient (Wildman–Crippen LogP) is 1.88. The van der Waals surface area contributed by atoms with Gasteiger partial charge in [-0.2, -0.15) is 5.10 Å². The first-order chi connectivity index (χ1) is 8.88. The van der Waals surface area contributed by atoms with Crippen LogP contribution in [0.5, 0.6) is 0 Å². The average molecular weight is 375 g/mol. The largest absolute Gasteiger partial charge is 0.467 e. The number of H-pyrrole nitrogens is 1. The number of nitrogens with one attached hydrogen (secondary N) is 3. The summed E-state index contributed by atoms with van der Waals surface area (Å²) in [6.07, 6.45) is 3.37. The molecule has 0 aromatic carbocycles. The van der Waals surface area contributed by atoms with Crippen LogP contribution in [0.3, 0.4) is 0 Å². The van der Waals surface area contributed by atoms with Gasteiger partial charge in [0.1, 0.15) is 5.76 Å². The highest BCUT2D eigenvalue weighted by Crippen LogP contribution is 1.99. The summed E-state index contributed by atoms with van der Waals surface area (Å²) in [5.74, 6) is 1.63. The van der Waals surface area contributed by atoms with Crippen LogP contribution >= 0.6 is 24.0 Å². The third-order valence-electron chi connectivity index (χ3n) is 2.32. The van der Waals surface area contributed by atoms with Gasteiger partial charge in [0.25, 0.3) is 0 Å². The molecule has 6 nitrogen and oxygen atoms in total. The molecule has 0 aliphatic carbocycles. The van der Waals surface area contributed by atoms with Gasteiger partial charge in [0, 0.05) is 12.7 Å². The van der Waals surface area contributed by atoms with Crippen LogP contribution in [0.15, 0.2) is 40.1 Å². The van der Waals surface area contributed by atoms with E-state index in [2.05, 4.69) is 25.8 Å². The van der Waals surface area contributed by atoms with Crippen molar-refractivity contribution < 1.29 is 4.42 Å². The van der Waals surface area contributed by atoms with E-state index < -0.39 is 0 Å². The number of furan rings is 1. The molecular formula is C12H18IN5O. The van der Waals surface area contributed by atoms with Gasteiger partial charge < -0.3 is 15.1 Å². The fourth-order valence-corrected chi connectivity index (χ4v) is 1.46. The number of hydrogen-bond acceptors (Lipinski definition) is 3. The second kappa shape index (κ2) is 8.57. The topological polar surface area (TPSA) is 78.2 Å². The van der Waals surface area contributed by atoms with E-state index in [9.17, 15) is 0 Å². The molecule has 0 saturated carbocycles. The smallest absolute Gasteiger partial charge is 0.192 e. The summed E-state index contributed by atoms with van der Waals surface area (Å²) in [7, 11) is 0. The van der Waals surface area contributed by atoms with Gasteiger partial charge in [-0.25, -0.2) is 4.99 Å². The van der Waals surface area contributed by atoms with E-state index in [0.29, 0.717) is 13.1 Å². The number of aromatic nitrogens is 2. The van der Waals surface area contributed by atoms with Crippen LogP contribution in [0.25, 0.3) is 0 Å². The fourth-order valence-electron chi connectivity index (χ4n) is 1.46. The molecule has 0 bridgehead atoms. The van der Waals surface area contributed by atoms with Gasteiger partial charge in [-0.15, -0.1) is 24.0 Å². The summed E-state index contributed by atoms with van der Waals surface area (Å²) in [5.41, 5.74) is 0.977. The standard InChI is InChI=1S/C12H17N5O.HI/c1-2-13-12(14-8-10-5-6-16-17-10)15-9-11-4-3-7-18-11;/h3-7H,2,8-9H2,1H3,(H,16,17)(H2,13,14,15);1H. The number of hydrogen-bond donors (Lipinski definition) is 3. The van der Waals surface area contributed by atoms with Gasteiger partial charge in [0.2, 0.25) is 0 Å². The molecule has 0 fully saturated rings. The lowest BCUT2D eigenvalue weighted by molar-refractivity contribution is 0.501. The highest BCUT2D eigenvalue weighted by Gasteiger charge is 2.00. The van der Waals surface area contributed by atoms with E-state index in [0.717, 1.165) is 24.0 Å². The predicted molar refractivity (Wildman–Crippen MR) is 84.4 cm³/mol. The van der Waals surface area contributed by atoms with Gasteiger partial charge in [-0.05, 0) is 25.1 Å². The van der Waals surface area contributed by atoms with Crippen molar-refractivity contribution >= 4 is 29.9 Å². The summed E-state index contributed by atoms with van der Waals surface area (Å²) in [4.78, 5) is 4.44. The SMILES string of the molecule is CCNC(=NCc1ccn[nH]1)NCc1ccco1.I. The van der Waals surface area contributed by atoms with Gasteiger partial charge in [0.05, 0.1) is 25.0 Å². The van der Waals surface area contributed by atoms with Crippen LogP contribution in [-0.4, -0.2) is 22.7 Å². The van der Waals surface area contributed by atoms with Crippen molar-refractivity contribution in [3.8, 4) is 0 Å². The molecule has 0 unspecified atom stereocenters. The van der Waals surface area contributed by atoms with Crippen LogP contribution in [0, 0.1) is 0 Å². The number of nitrogens with zero attached hydrogens (tertiary/aromatic N) is 2. The van der Waals surface area contributed by atoms with Crippen molar-refractivity contribution in [1.29, 1.82) is 0 Å². The van der Waals surface area contributed by atoms with Gasteiger partial charge in [-0.1, -0.05) is 0 Å². The highest BCUT2D eigenvalue weighted by atomic mass is 127. The summed E-state index contributed by atoms with van der Waals surface area (Å²) < 4.78 is 5.25. The van der Waals surface area contributed by atoms with Gasteiger partial charge in [0.15, 0.2) is 5.96 Å². The van der Waals surface area contributed by atoms with E-state index in [1.807, 2.05) is 25.1 Å². The molecule has 3 N–H and O–H groups in total. The molecule has 104 valence electrons. The maximum absolute atomic E-state index is 5.25. The lowest BCUT2D eigenvalue weighted by Gasteiger charge is -2.09. The van der Waals surface area contributed by atoms with Crippen molar-refractivity contribution in [3.05, 3.63) is 42.1 Å². The van der Waals surface area contributed by atoms with Crippen LogP contribution in [0.2, 0.25) is 0 Å². The molecule has 0 aliphatic heterocycles. The molecule has 0 atom stereocenters. The molecule has 0 aliphatic rings. The summed E-state index contributed by atoms with van der Waals surface area (Å²) in [5, 5.41) is 13.1. The van der Waals surface area contributed by atoms with Crippen LogP contribution < -0.4 is 10.6 Å². The lowest BCUT2D eigenvalue weighted by atomic mass is 10.4. The van der Waals surface area contributed by atoms with Crippen molar-refractivity contribution in [2.24, 2.45) is 4.99 Å². The minimum atomic E-state index is 0. The minimum absolute atomic E-state index is 0. The number of aliphatic imine (C=N–C) groups is 1. The first kappa shape index (κ1) is 15.5. The minimum Gasteiger partial charge on any atom is -0.467 e. The Morgan fingerprint density at radius 2 is 2.32 bits per heavy atom. The molecular weight excluding hydrogens is 357 g/mol. The van der Waals surface area contributed by atoms with Crippen molar-refractivity contribution in [3.63, 3.8) is 0 Å². The summed E-state index contributed by atoms with van der Waals surface area (Å²) in [6.45, 7) is 4.02. The zero-order chi connectivity index (χ0) is 12.6. The zero-order valence-electron chi connectivity index (χ0n) is 10.7. The Morgan fingerprint density at radius 1 is 1.42 bits per heavy atom. The third-order valence-corrected chi connectivity index (χ3v) is 2.32. The van der Waals surface area contributed by atoms with E-state index in [1.165, 1.54) is 0 Å². The number of aromatic amines is 1. The maximum Gasteiger partial charge on any atom is 0.192 e. The van der Waals surface area contributed by atoms with Gasteiger partial charge >= 0.3 is 0 Å². The Balaban J connectivity index is 0.00000180. The molecule has 19 heavy (non-hydrogen) atoms. The summed E-state index contributed by atoms with van der Waals surface area (Å²) >= 11 is 0. The molecule has 2 heterocycles. The maximum atomic E-state index is 5.25.